The highest BCUT2D eigenvalue weighted by Crippen LogP contribution is 2.20. The van der Waals surface area contributed by atoms with Gasteiger partial charge in [0, 0.05) is 16.2 Å². The zero-order valence-corrected chi connectivity index (χ0v) is 8.00. The van der Waals surface area contributed by atoms with Crippen molar-refractivity contribution in [1.29, 1.82) is 0 Å². The van der Waals surface area contributed by atoms with Crippen molar-refractivity contribution in [3.05, 3.63) is 42.5 Å². The van der Waals surface area contributed by atoms with Crippen molar-refractivity contribution in [2.45, 2.75) is 4.90 Å². The first-order chi connectivity index (χ1) is 6.38. The van der Waals surface area contributed by atoms with Gasteiger partial charge in [0.25, 0.3) is 0 Å². The summed E-state index contributed by atoms with van der Waals surface area (Å²) in [5.74, 6) is 0.857. The van der Waals surface area contributed by atoms with Crippen LogP contribution in [0.15, 0.2) is 47.0 Å². The van der Waals surface area contributed by atoms with Crippen LogP contribution in [0.5, 0.6) is 0 Å². The number of hydrogen-bond acceptors (Lipinski definition) is 3. The van der Waals surface area contributed by atoms with E-state index >= 15 is 0 Å². The van der Waals surface area contributed by atoms with E-state index in [1.165, 1.54) is 6.21 Å². The molecule has 3 heteroatoms. The predicted octanol–water partition coefficient (Wildman–Crippen LogP) is 2.77. The third-order valence-electron chi connectivity index (χ3n) is 1.47. The maximum Gasteiger partial charge on any atom is 0.0745 e. The number of nitrogens with zero attached hydrogens (tertiary/aromatic N) is 1. The van der Waals surface area contributed by atoms with Gasteiger partial charge in [0.1, 0.15) is 0 Å². The molecule has 1 aromatic rings. The Morgan fingerprint density at radius 1 is 1.46 bits per heavy atom. The summed E-state index contributed by atoms with van der Waals surface area (Å²) in [4.78, 5) is 1.10. The minimum atomic E-state index is 0.857. The monoisotopic (exact) mass is 193 g/mol. The van der Waals surface area contributed by atoms with Gasteiger partial charge in [0.2, 0.25) is 0 Å². The summed E-state index contributed by atoms with van der Waals surface area (Å²) in [5, 5.41) is 11.4. The van der Waals surface area contributed by atoms with Gasteiger partial charge in [-0.1, -0.05) is 29.4 Å². The van der Waals surface area contributed by atoms with E-state index in [-0.39, 0.29) is 0 Å². The SMILES string of the molecule is C=CCSc1ccccc1C=NO. The van der Waals surface area contributed by atoms with Crippen molar-refractivity contribution < 1.29 is 5.21 Å². The Morgan fingerprint density at radius 2 is 2.23 bits per heavy atom. The molecular weight excluding hydrogens is 182 g/mol. The van der Waals surface area contributed by atoms with E-state index in [2.05, 4.69) is 11.7 Å². The summed E-state index contributed by atoms with van der Waals surface area (Å²) < 4.78 is 0. The Balaban J connectivity index is 2.83. The van der Waals surface area contributed by atoms with Crippen molar-refractivity contribution in [2.75, 3.05) is 5.75 Å². The Bertz CT molecular complexity index is 310. The van der Waals surface area contributed by atoms with E-state index in [0.29, 0.717) is 0 Å². The second-order valence-corrected chi connectivity index (χ2v) is 3.44. The van der Waals surface area contributed by atoms with E-state index in [9.17, 15) is 0 Å². The summed E-state index contributed by atoms with van der Waals surface area (Å²) in [6.07, 6.45) is 3.28. The van der Waals surface area contributed by atoms with Gasteiger partial charge >= 0.3 is 0 Å². The van der Waals surface area contributed by atoms with Crippen LogP contribution in [-0.4, -0.2) is 17.2 Å². The van der Waals surface area contributed by atoms with Crippen LogP contribution in [-0.2, 0) is 0 Å². The molecule has 0 saturated carbocycles. The largest absolute Gasteiger partial charge is 0.411 e. The molecule has 0 aliphatic rings. The van der Waals surface area contributed by atoms with Crippen LogP contribution in [0, 0.1) is 0 Å². The Morgan fingerprint density at radius 3 is 2.92 bits per heavy atom. The Kier molecular flexibility index (Phi) is 4.12. The zero-order chi connectivity index (χ0) is 9.52. The normalized spacial score (nSPS) is 10.5. The quantitative estimate of drug-likeness (QED) is 0.262. The van der Waals surface area contributed by atoms with Crippen LogP contribution in [0.1, 0.15) is 5.56 Å². The summed E-state index contributed by atoms with van der Waals surface area (Å²) >= 11 is 1.67. The van der Waals surface area contributed by atoms with Crippen LogP contribution in [0.3, 0.4) is 0 Å². The lowest BCUT2D eigenvalue weighted by Crippen LogP contribution is -1.85. The molecule has 68 valence electrons. The lowest BCUT2D eigenvalue weighted by atomic mass is 10.2. The van der Waals surface area contributed by atoms with Crippen LogP contribution in [0.4, 0.5) is 0 Å². The predicted molar refractivity (Wildman–Crippen MR) is 56.7 cm³/mol. The number of thioether (sulfide) groups is 1. The van der Waals surface area contributed by atoms with E-state index in [4.69, 9.17) is 5.21 Å². The van der Waals surface area contributed by atoms with Crippen LogP contribution in [0.25, 0.3) is 0 Å². The standard InChI is InChI=1S/C10H11NOS/c1-2-7-13-10-6-4-3-5-9(10)8-11-12/h2-6,8,12H,1,7H2. The summed E-state index contributed by atoms with van der Waals surface area (Å²) in [5.41, 5.74) is 0.928. The summed E-state index contributed by atoms with van der Waals surface area (Å²) in [6, 6.07) is 7.77. The number of hydrogen-bond donors (Lipinski definition) is 1. The van der Waals surface area contributed by atoms with Gasteiger partial charge in [-0.3, -0.25) is 0 Å². The van der Waals surface area contributed by atoms with Gasteiger partial charge in [0.05, 0.1) is 6.21 Å². The second-order valence-electron chi connectivity index (χ2n) is 2.38. The molecule has 1 rings (SSSR count). The van der Waals surface area contributed by atoms with Crippen LogP contribution in [0.2, 0.25) is 0 Å². The molecule has 0 fully saturated rings. The number of benzene rings is 1. The third-order valence-corrected chi connectivity index (χ3v) is 2.56. The van der Waals surface area contributed by atoms with Gasteiger partial charge in [-0.05, 0) is 6.07 Å². The molecule has 0 aliphatic heterocycles. The van der Waals surface area contributed by atoms with E-state index in [1.54, 1.807) is 11.8 Å². The number of oxime groups is 1. The maximum absolute atomic E-state index is 8.41. The third kappa shape index (κ3) is 2.95. The first kappa shape index (κ1) is 9.86. The molecule has 1 N–H and O–H groups in total. The molecule has 0 saturated heterocycles. The highest BCUT2D eigenvalue weighted by molar-refractivity contribution is 7.99. The van der Waals surface area contributed by atoms with Crippen molar-refractivity contribution in [1.82, 2.24) is 0 Å². The smallest absolute Gasteiger partial charge is 0.0745 e. The van der Waals surface area contributed by atoms with Crippen molar-refractivity contribution in [3.63, 3.8) is 0 Å². The van der Waals surface area contributed by atoms with Crippen molar-refractivity contribution >= 4 is 18.0 Å². The fraction of sp³-hybridized carbons (Fsp3) is 0.100. The number of rotatable bonds is 4. The van der Waals surface area contributed by atoms with E-state index in [1.807, 2.05) is 30.3 Å². The molecule has 0 bridgehead atoms. The first-order valence-electron chi connectivity index (χ1n) is 3.88. The molecular formula is C10H11NOS. The highest BCUT2D eigenvalue weighted by atomic mass is 32.2. The molecule has 2 nitrogen and oxygen atoms in total. The first-order valence-corrected chi connectivity index (χ1v) is 4.87. The molecule has 0 amide bonds. The topological polar surface area (TPSA) is 32.6 Å². The molecule has 0 spiro atoms. The molecule has 0 aliphatic carbocycles. The fourth-order valence-electron chi connectivity index (χ4n) is 0.930. The summed E-state index contributed by atoms with van der Waals surface area (Å²) in [7, 11) is 0. The molecule has 13 heavy (non-hydrogen) atoms. The lowest BCUT2D eigenvalue weighted by Gasteiger charge is -2.01. The Labute approximate surface area is 82.0 Å². The van der Waals surface area contributed by atoms with Crippen LogP contribution >= 0.6 is 11.8 Å². The van der Waals surface area contributed by atoms with Gasteiger partial charge < -0.3 is 5.21 Å². The second kappa shape index (κ2) is 5.43. The average molecular weight is 193 g/mol. The van der Waals surface area contributed by atoms with Crippen molar-refractivity contribution in [2.24, 2.45) is 5.16 Å². The summed E-state index contributed by atoms with van der Waals surface area (Å²) in [6.45, 7) is 3.65. The average Bonchev–Trinajstić information content (AvgIpc) is 2.17. The minimum Gasteiger partial charge on any atom is -0.411 e. The molecule has 0 aromatic heterocycles. The van der Waals surface area contributed by atoms with Gasteiger partial charge in [-0.25, -0.2) is 0 Å². The van der Waals surface area contributed by atoms with Gasteiger partial charge in [-0.15, -0.1) is 18.3 Å². The van der Waals surface area contributed by atoms with Crippen LogP contribution < -0.4 is 0 Å². The molecule has 1 aromatic carbocycles. The Hall–Kier alpha value is -1.22. The van der Waals surface area contributed by atoms with Gasteiger partial charge in [-0.2, -0.15) is 0 Å². The highest BCUT2D eigenvalue weighted by Gasteiger charge is 1.97. The minimum absolute atomic E-state index is 0.857. The zero-order valence-electron chi connectivity index (χ0n) is 7.18. The molecule has 0 heterocycles. The molecule has 0 radical (unpaired) electrons. The molecule has 0 atom stereocenters. The molecule has 0 unspecified atom stereocenters. The van der Waals surface area contributed by atoms with E-state index < -0.39 is 0 Å². The fourth-order valence-corrected chi connectivity index (χ4v) is 1.69. The van der Waals surface area contributed by atoms with Gasteiger partial charge in [0.15, 0.2) is 0 Å². The van der Waals surface area contributed by atoms with E-state index in [0.717, 1.165) is 16.2 Å². The lowest BCUT2D eigenvalue weighted by molar-refractivity contribution is 0.322. The van der Waals surface area contributed by atoms with Crippen molar-refractivity contribution in [3.8, 4) is 0 Å². The maximum atomic E-state index is 8.41.